The monoisotopic (exact) mass is 220 g/mol. The van der Waals surface area contributed by atoms with Crippen LogP contribution < -0.4 is 11.1 Å². The van der Waals surface area contributed by atoms with Gasteiger partial charge < -0.3 is 11.1 Å². The van der Waals surface area contributed by atoms with E-state index in [-0.39, 0.29) is 5.91 Å². The van der Waals surface area contributed by atoms with Crippen molar-refractivity contribution < 1.29 is 4.79 Å². The van der Waals surface area contributed by atoms with Gasteiger partial charge in [0.05, 0.1) is 0 Å². The molecule has 0 saturated carbocycles. The molecule has 0 aliphatic carbocycles. The van der Waals surface area contributed by atoms with Gasteiger partial charge in [0.1, 0.15) is 0 Å². The highest BCUT2D eigenvalue weighted by molar-refractivity contribution is 5.75. The fraction of sp³-hybridized carbons (Fsp3) is 0.462. The van der Waals surface area contributed by atoms with E-state index in [9.17, 15) is 4.79 Å². The van der Waals surface area contributed by atoms with E-state index in [1.54, 1.807) is 0 Å². The van der Waals surface area contributed by atoms with Gasteiger partial charge in [0.2, 0.25) is 5.91 Å². The Morgan fingerprint density at radius 1 is 1.44 bits per heavy atom. The highest BCUT2D eigenvalue weighted by Crippen LogP contribution is 2.09. The number of aryl methyl sites for hydroxylation is 1. The lowest BCUT2D eigenvalue weighted by molar-refractivity contribution is -0.121. The Morgan fingerprint density at radius 2 is 2.25 bits per heavy atom. The molecule has 3 N–H and O–H groups in total. The van der Waals surface area contributed by atoms with Crippen molar-refractivity contribution in [1.82, 2.24) is 5.32 Å². The summed E-state index contributed by atoms with van der Waals surface area (Å²) < 4.78 is 0. The van der Waals surface area contributed by atoms with Crippen molar-refractivity contribution in [3.8, 4) is 0 Å². The van der Waals surface area contributed by atoms with Gasteiger partial charge in [-0.15, -0.1) is 0 Å². The number of rotatable bonds is 6. The summed E-state index contributed by atoms with van der Waals surface area (Å²) in [5.41, 5.74) is 7.66. The number of nitrogen functional groups attached to an aromatic ring is 1. The Hall–Kier alpha value is -1.51. The normalized spacial score (nSPS) is 10.1. The first-order valence-electron chi connectivity index (χ1n) is 5.83. The molecule has 1 rings (SSSR count). The van der Waals surface area contributed by atoms with E-state index in [1.165, 1.54) is 5.56 Å². The van der Waals surface area contributed by atoms with Crippen molar-refractivity contribution >= 4 is 11.6 Å². The Kier molecular flexibility index (Phi) is 5.40. The predicted molar refractivity (Wildman–Crippen MR) is 67.1 cm³/mol. The maximum atomic E-state index is 11.3. The number of carbonyl (C=O) groups is 1. The topological polar surface area (TPSA) is 55.1 Å². The SMILES string of the molecule is CCCNC(=O)CCCc1cccc(N)c1. The van der Waals surface area contributed by atoms with E-state index < -0.39 is 0 Å². The molecule has 0 aliphatic heterocycles. The second-order valence-corrected chi connectivity index (χ2v) is 3.95. The van der Waals surface area contributed by atoms with Crippen molar-refractivity contribution in [2.24, 2.45) is 0 Å². The third-order valence-corrected chi connectivity index (χ3v) is 2.39. The summed E-state index contributed by atoms with van der Waals surface area (Å²) in [7, 11) is 0. The molecule has 3 heteroatoms. The van der Waals surface area contributed by atoms with Crippen LogP contribution in [0.15, 0.2) is 24.3 Å². The second-order valence-electron chi connectivity index (χ2n) is 3.95. The van der Waals surface area contributed by atoms with E-state index in [0.29, 0.717) is 6.42 Å². The standard InChI is InChI=1S/C13H20N2O/c1-2-9-15-13(16)8-4-6-11-5-3-7-12(14)10-11/h3,5,7,10H,2,4,6,8-9,14H2,1H3,(H,15,16). The lowest BCUT2D eigenvalue weighted by Crippen LogP contribution is -2.23. The van der Waals surface area contributed by atoms with Gasteiger partial charge in [0.25, 0.3) is 0 Å². The first kappa shape index (κ1) is 12.6. The Bertz CT molecular complexity index is 336. The molecule has 0 aromatic heterocycles. The highest BCUT2D eigenvalue weighted by atomic mass is 16.1. The highest BCUT2D eigenvalue weighted by Gasteiger charge is 2.00. The molecule has 0 aliphatic rings. The van der Waals surface area contributed by atoms with Crippen LogP contribution in [0.1, 0.15) is 31.7 Å². The van der Waals surface area contributed by atoms with Gasteiger partial charge in [0, 0.05) is 18.7 Å². The first-order chi connectivity index (χ1) is 7.72. The Labute approximate surface area is 97.0 Å². The molecule has 0 heterocycles. The minimum atomic E-state index is 0.144. The number of carbonyl (C=O) groups excluding carboxylic acids is 1. The molecule has 0 atom stereocenters. The average molecular weight is 220 g/mol. The maximum absolute atomic E-state index is 11.3. The lowest BCUT2D eigenvalue weighted by Gasteiger charge is -2.04. The van der Waals surface area contributed by atoms with Crippen LogP contribution >= 0.6 is 0 Å². The molecule has 1 aromatic carbocycles. The van der Waals surface area contributed by atoms with E-state index in [4.69, 9.17) is 5.73 Å². The fourth-order valence-electron chi connectivity index (χ4n) is 1.55. The van der Waals surface area contributed by atoms with Crippen LogP contribution in [0.4, 0.5) is 5.69 Å². The van der Waals surface area contributed by atoms with E-state index >= 15 is 0 Å². The van der Waals surface area contributed by atoms with Crippen LogP contribution in [0.25, 0.3) is 0 Å². The van der Waals surface area contributed by atoms with Crippen LogP contribution in [-0.4, -0.2) is 12.5 Å². The van der Waals surface area contributed by atoms with Crippen LogP contribution in [-0.2, 0) is 11.2 Å². The van der Waals surface area contributed by atoms with Crippen molar-refractivity contribution in [2.45, 2.75) is 32.6 Å². The minimum absolute atomic E-state index is 0.144. The van der Waals surface area contributed by atoms with Crippen molar-refractivity contribution in [1.29, 1.82) is 0 Å². The number of hydrogen-bond donors (Lipinski definition) is 2. The van der Waals surface area contributed by atoms with Gasteiger partial charge in [-0.1, -0.05) is 19.1 Å². The second kappa shape index (κ2) is 6.88. The van der Waals surface area contributed by atoms with Gasteiger partial charge in [-0.3, -0.25) is 4.79 Å². The van der Waals surface area contributed by atoms with E-state index in [1.807, 2.05) is 31.2 Å². The van der Waals surface area contributed by atoms with Gasteiger partial charge in [-0.05, 0) is 37.0 Å². The van der Waals surface area contributed by atoms with Gasteiger partial charge in [-0.2, -0.15) is 0 Å². The summed E-state index contributed by atoms with van der Waals surface area (Å²) in [6.45, 7) is 2.82. The summed E-state index contributed by atoms with van der Waals surface area (Å²) >= 11 is 0. The van der Waals surface area contributed by atoms with Crippen LogP contribution in [0.3, 0.4) is 0 Å². The summed E-state index contributed by atoms with van der Waals surface area (Å²) in [6, 6.07) is 7.82. The zero-order chi connectivity index (χ0) is 11.8. The summed E-state index contributed by atoms with van der Waals surface area (Å²) in [4.78, 5) is 11.3. The van der Waals surface area contributed by atoms with Gasteiger partial charge in [-0.25, -0.2) is 0 Å². The lowest BCUT2D eigenvalue weighted by atomic mass is 10.1. The van der Waals surface area contributed by atoms with Gasteiger partial charge >= 0.3 is 0 Å². The minimum Gasteiger partial charge on any atom is -0.399 e. The molecule has 3 nitrogen and oxygen atoms in total. The molecule has 88 valence electrons. The fourth-order valence-corrected chi connectivity index (χ4v) is 1.55. The van der Waals surface area contributed by atoms with E-state index in [2.05, 4.69) is 5.32 Å². The van der Waals surface area contributed by atoms with Crippen LogP contribution in [0.2, 0.25) is 0 Å². The van der Waals surface area contributed by atoms with Gasteiger partial charge in [0.15, 0.2) is 0 Å². The molecule has 0 saturated heterocycles. The first-order valence-corrected chi connectivity index (χ1v) is 5.83. The number of nitrogens with two attached hydrogens (primary N) is 1. The maximum Gasteiger partial charge on any atom is 0.220 e. The Balaban J connectivity index is 2.22. The molecule has 0 radical (unpaired) electrons. The van der Waals surface area contributed by atoms with Crippen molar-refractivity contribution in [2.75, 3.05) is 12.3 Å². The quantitative estimate of drug-likeness (QED) is 0.721. The zero-order valence-corrected chi connectivity index (χ0v) is 9.83. The number of hydrogen-bond acceptors (Lipinski definition) is 2. The molecule has 0 fully saturated rings. The zero-order valence-electron chi connectivity index (χ0n) is 9.83. The number of amides is 1. The summed E-state index contributed by atoms with van der Waals surface area (Å²) in [5.74, 6) is 0.144. The number of nitrogens with one attached hydrogen (secondary N) is 1. The predicted octanol–water partition coefficient (Wildman–Crippen LogP) is 2.12. The van der Waals surface area contributed by atoms with Crippen molar-refractivity contribution in [3.63, 3.8) is 0 Å². The molecule has 0 spiro atoms. The molecule has 1 amide bonds. The molecule has 0 bridgehead atoms. The molecular formula is C13H20N2O. The summed E-state index contributed by atoms with van der Waals surface area (Å²) in [6.07, 6.45) is 3.36. The number of anilines is 1. The van der Waals surface area contributed by atoms with Crippen LogP contribution in [0.5, 0.6) is 0 Å². The smallest absolute Gasteiger partial charge is 0.220 e. The molecular weight excluding hydrogens is 200 g/mol. The van der Waals surface area contributed by atoms with Crippen LogP contribution in [0, 0.1) is 0 Å². The number of benzene rings is 1. The van der Waals surface area contributed by atoms with Crippen molar-refractivity contribution in [3.05, 3.63) is 29.8 Å². The average Bonchev–Trinajstić information content (AvgIpc) is 2.26. The van der Waals surface area contributed by atoms with E-state index in [0.717, 1.165) is 31.5 Å². The summed E-state index contributed by atoms with van der Waals surface area (Å²) in [5, 5.41) is 2.87. The molecule has 0 unspecified atom stereocenters. The third kappa shape index (κ3) is 4.82. The Morgan fingerprint density at radius 3 is 2.94 bits per heavy atom. The third-order valence-electron chi connectivity index (χ3n) is 2.39. The molecule has 1 aromatic rings. The molecule has 16 heavy (non-hydrogen) atoms. The largest absolute Gasteiger partial charge is 0.399 e.